The lowest BCUT2D eigenvalue weighted by Gasteiger charge is -2.15. The molecule has 0 saturated heterocycles. The minimum atomic E-state index is -4.54. The number of benzene rings is 1. The molecule has 42 heavy (non-hydrogen) atoms. The Hall–Kier alpha value is -4.66. The molecule has 226 valence electrons. The van der Waals surface area contributed by atoms with Gasteiger partial charge in [-0.25, -0.2) is 0 Å². The molecule has 1 heterocycles. The van der Waals surface area contributed by atoms with Crippen LogP contribution in [0.25, 0.3) is 11.1 Å². The maximum atomic E-state index is 13.4. The molecule has 0 fully saturated rings. The van der Waals surface area contributed by atoms with Crippen LogP contribution in [0.3, 0.4) is 0 Å². The Morgan fingerprint density at radius 2 is 1.62 bits per heavy atom. The van der Waals surface area contributed by atoms with Crippen molar-refractivity contribution in [2.24, 2.45) is 0 Å². The van der Waals surface area contributed by atoms with Gasteiger partial charge in [0, 0.05) is 30.5 Å². The van der Waals surface area contributed by atoms with Gasteiger partial charge in [0.15, 0.2) is 0 Å². The van der Waals surface area contributed by atoms with E-state index in [9.17, 15) is 22.8 Å². The summed E-state index contributed by atoms with van der Waals surface area (Å²) in [5.41, 5.74) is 3.47. The zero-order valence-electron chi connectivity index (χ0n) is 24.7. The predicted octanol–water partition coefficient (Wildman–Crippen LogP) is 8.04. The number of carboxylic acids is 1. The van der Waals surface area contributed by atoms with Crippen LogP contribution in [-0.4, -0.2) is 28.5 Å². The van der Waals surface area contributed by atoms with E-state index in [1.165, 1.54) is 24.4 Å². The van der Waals surface area contributed by atoms with E-state index in [4.69, 9.17) is 5.11 Å². The summed E-state index contributed by atoms with van der Waals surface area (Å²) in [7, 11) is 0. The molecule has 2 aromatic rings. The number of carboxylic acid groups (broad SMARTS) is 1. The number of amides is 1. The fourth-order valence-corrected chi connectivity index (χ4v) is 3.25. The van der Waals surface area contributed by atoms with Gasteiger partial charge in [0.1, 0.15) is 5.69 Å². The van der Waals surface area contributed by atoms with Crippen molar-refractivity contribution in [3.63, 3.8) is 0 Å². The van der Waals surface area contributed by atoms with Crippen LogP contribution in [0.4, 0.5) is 13.2 Å². The molecule has 0 saturated carbocycles. The lowest BCUT2D eigenvalue weighted by atomic mass is 9.97. The number of nitrogens with zero attached hydrogens (tertiary/aromatic N) is 1. The van der Waals surface area contributed by atoms with Crippen LogP contribution in [0.15, 0.2) is 110 Å². The number of aromatic nitrogens is 1. The first-order valence-electron chi connectivity index (χ1n) is 13.1. The Bertz CT molecular complexity index is 1300. The number of carbonyl (C=O) groups is 2. The first-order chi connectivity index (χ1) is 19.8. The average Bonchev–Trinajstić information content (AvgIpc) is 2.95. The van der Waals surface area contributed by atoms with E-state index in [1.54, 1.807) is 12.2 Å². The second-order valence-electron chi connectivity index (χ2n) is 8.69. The topological polar surface area (TPSA) is 91.3 Å². The molecule has 0 unspecified atom stereocenters. The summed E-state index contributed by atoms with van der Waals surface area (Å²) in [6.07, 6.45) is 1.86. The number of nitrogens with one attached hydrogen (secondary N) is 2. The molecule has 9 heteroatoms. The van der Waals surface area contributed by atoms with E-state index in [0.717, 1.165) is 23.3 Å². The van der Waals surface area contributed by atoms with Crippen LogP contribution in [-0.2, 0) is 17.5 Å². The number of pyridine rings is 1. The summed E-state index contributed by atoms with van der Waals surface area (Å²) in [5.74, 6) is -1.64. The van der Waals surface area contributed by atoms with Crippen LogP contribution in [0.1, 0.15) is 55.7 Å². The molecule has 3 N–H and O–H groups in total. The van der Waals surface area contributed by atoms with Crippen molar-refractivity contribution >= 4 is 11.9 Å². The Balaban J connectivity index is 0.00000402. The first-order valence-corrected chi connectivity index (χ1v) is 13.1. The van der Waals surface area contributed by atoms with Crippen LogP contribution in [0.5, 0.6) is 0 Å². The van der Waals surface area contributed by atoms with Crippen LogP contribution < -0.4 is 10.6 Å². The van der Waals surface area contributed by atoms with Gasteiger partial charge in [0.05, 0.1) is 12.0 Å². The highest BCUT2D eigenvalue weighted by atomic mass is 19.4. The Morgan fingerprint density at radius 3 is 2.14 bits per heavy atom. The van der Waals surface area contributed by atoms with Crippen LogP contribution in [0, 0.1) is 0 Å². The van der Waals surface area contributed by atoms with Crippen molar-refractivity contribution in [2.45, 2.75) is 46.8 Å². The van der Waals surface area contributed by atoms with Gasteiger partial charge in [-0.15, -0.1) is 13.2 Å². The van der Waals surface area contributed by atoms with Crippen molar-refractivity contribution < 1.29 is 27.9 Å². The number of hydrogen-bond donors (Lipinski definition) is 3. The number of carbonyl (C=O) groups excluding carboxylic acids is 1. The van der Waals surface area contributed by atoms with Gasteiger partial charge < -0.3 is 15.7 Å². The number of halogens is 3. The molecule has 1 amide bonds. The molecule has 1 aromatic heterocycles. The quantitative estimate of drug-likeness (QED) is 0.174. The number of hydrogen-bond acceptors (Lipinski definition) is 4. The van der Waals surface area contributed by atoms with Crippen molar-refractivity contribution in [1.82, 2.24) is 15.6 Å². The van der Waals surface area contributed by atoms with E-state index in [0.29, 0.717) is 22.4 Å². The summed E-state index contributed by atoms with van der Waals surface area (Å²) >= 11 is 0. The number of allylic oxidation sites excluding steroid dienone is 6. The van der Waals surface area contributed by atoms with Crippen molar-refractivity contribution in [2.75, 3.05) is 6.54 Å². The van der Waals surface area contributed by atoms with Gasteiger partial charge in [-0.1, -0.05) is 63.4 Å². The standard InChI is InChI=1S/C29H30F3N3O3.C2H6.C2H4/c1-18(2)14-20(4)19(3)6-7-21(5)34-16-22-8-10-24(29(30,31)32)15-25(22)23-9-11-26(35-17-23)28(38)33-13-12-27(36)37;2*1-2/h6-11,14-15,17,34H,3-5,12-13,16H2,1-2H3,(H,33,38)(H,36,37);1-2H3;1-2H2/b7-6-;;. The molecule has 1 aromatic carbocycles. The van der Waals surface area contributed by atoms with Crippen molar-refractivity contribution in [3.8, 4) is 11.1 Å². The molecule has 2 rings (SSSR count). The monoisotopic (exact) mass is 583 g/mol. The first kappa shape index (κ1) is 37.3. The molecule has 0 radical (unpaired) electrons. The van der Waals surface area contributed by atoms with Gasteiger partial charge >= 0.3 is 12.1 Å². The predicted molar refractivity (Wildman–Crippen MR) is 165 cm³/mol. The number of rotatable bonds is 12. The molecule has 0 bridgehead atoms. The summed E-state index contributed by atoms with van der Waals surface area (Å²) in [6, 6.07) is 6.28. The van der Waals surface area contributed by atoms with E-state index < -0.39 is 23.6 Å². The van der Waals surface area contributed by atoms with E-state index in [1.807, 2.05) is 33.8 Å². The van der Waals surface area contributed by atoms with E-state index in [-0.39, 0.29) is 30.8 Å². The summed E-state index contributed by atoms with van der Waals surface area (Å²) in [4.78, 5) is 26.8. The minimum Gasteiger partial charge on any atom is -0.481 e. The Labute approximate surface area is 246 Å². The van der Waals surface area contributed by atoms with Crippen molar-refractivity contribution in [1.29, 1.82) is 0 Å². The zero-order valence-corrected chi connectivity index (χ0v) is 24.7. The largest absolute Gasteiger partial charge is 0.481 e. The second-order valence-corrected chi connectivity index (χ2v) is 8.69. The third kappa shape index (κ3) is 13.1. The summed E-state index contributed by atoms with van der Waals surface area (Å²) in [6.45, 7) is 25.8. The molecule has 0 aliphatic heterocycles. The highest BCUT2D eigenvalue weighted by Crippen LogP contribution is 2.34. The lowest BCUT2D eigenvalue weighted by molar-refractivity contribution is -0.138. The SMILES string of the molecule is C=C.C=C(/C=C\C(=C)C(=C)C=C(C)C)NCc1ccc(C(F)(F)F)cc1-c1ccc(C(=O)NCCC(=O)O)nc1.CC. The fraction of sp³-hybridized carbons (Fsp3) is 0.242. The van der Waals surface area contributed by atoms with Crippen molar-refractivity contribution in [3.05, 3.63) is 127 Å². The van der Waals surface area contributed by atoms with Crippen LogP contribution in [0.2, 0.25) is 0 Å². The molecular weight excluding hydrogens is 543 g/mol. The minimum absolute atomic E-state index is 0.0132. The Morgan fingerprint density at radius 1 is 0.976 bits per heavy atom. The van der Waals surface area contributed by atoms with Gasteiger partial charge in [-0.2, -0.15) is 13.2 Å². The maximum absolute atomic E-state index is 13.4. The maximum Gasteiger partial charge on any atom is 0.416 e. The molecule has 0 spiro atoms. The molecule has 0 aliphatic rings. The van der Waals surface area contributed by atoms with E-state index in [2.05, 4.69) is 48.5 Å². The van der Waals surface area contributed by atoms with Gasteiger partial charge in [0.2, 0.25) is 0 Å². The smallest absolute Gasteiger partial charge is 0.416 e. The van der Waals surface area contributed by atoms with Gasteiger partial charge in [-0.05, 0) is 60.4 Å². The van der Waals surface area contributed by atoms with E-state index >= 15 is 0 Å². The molecular formula is C33H40F3N3O3. The zero-order chi connectivity index (χ0) is 32.5. The third-order valence-electron chi connectivity index (χ3n) is 5.24. The third-order valence-corrected chi connectivity index (χ3v) is 5.24. The van der Waals surface area contributed by atoms with Crippen LogP contribution >= 0.6 is 0 Å². The fourth-order valence-electron chi connectivity index (χ4n) is 3.25. The molecule has 6 nitrogen and oxygen atoms in total. The summed E-state index contributed by atoms with van der Waals surface area (Å²) < 4.78 is 40.3. The normalized spacial score (nSPS) is 10.3. The molecule has 0 atom stereocenters. The average molecular weight is 584 g/mol. The number of alkyl halides is 3. The summed E-state index contributed by atoms with van der Waals surface area (Å²) in [5, 5.41) is 14.2. The van der Waals surface area contributed by atoms with Gasteiger partial charge in [0.25, 0.3) is 5.91 Å². The highest BCUT2D eigenvalue weighted by Gasteiger charge is 2.31. The molecule has 0 aliphatic carbocycles. The highest BCUT2D eigenvalue weighted by molar-refractivity contribution is 5.92. The Kier molecular flexibility index (Phi) is 16.6. The lowest BCUT2D eigenvalue weighted by Crippen LogP contribution is -2.26. The number of aliphatic carboxylic acids is 1. The van der Waals surface area contributed by atoms with Gasteiger partial charge in [-0.3, -0.25) is 14.6 Å². The second kappa shape index (κ2) is 18.6.